The van der Waals surface area contributed by atoms with Crippen LogP contribution in [0.25, 0.3) is 5.57 Å². The molecule has 3 heteroatoms. The molecular weight excluding hydrogens is 408 g/mol. The summed E-state index contributed by atoms with van der Waals surface area (Å²) < 4.78 is 5.79. The van der Waals surface area contributed by atoms with Crippen LogP contribution >= 0.6 is 0 Å². The number of ketones is 2. The van der Waals surface area contributed by atoms with E-state index in [0.717, 1.165) is 49.0 Å². The van der Waals surface area contributed by atoms with Crippen LogP contribution in [-0.2, 0) is 24.1 Å². The molecule has 0 aromatic heterocycles. The zero-order valence-corrected chi connectivity index (χ0v) is 21.1. The second-order valence-electron chi connectivity index (χ2n) is 9.13. The number of Topliss-reactive ketones (excluding diaryl/α,β-unsaturated/α-hetero) is 2. The van der Waals surface area contributed by atoms with Crippen molar-refractivity contribution < 1.29 is 14.3 Å². The topological polar surface area (TPSA) is 43.4 Å². The minimum Gasteiger partial charge on any atom is -0.494 e. The summed E-state index contributed by atoms with van der Waals surface area (Å²) in [5, 5.41) is 0. The monoisotopic (exact) mass is 448 g/mol. The summed E-state index contributed by atoms with van der Waals surface area (Å²) >= 11 is 0. The van der Waals surface area contributed by atoms with Crippen LogP contribution in [0, 0.1) is 5.92 Å². The van der Waals surface area contributed by atoms with Gasteiger partial charge in [0.15, 0.2) is 11.6 Å². The zero-order valence-electron chi connectivity index (χ0n) is 21.1. The first-order chi connectivity index (χ1) is 15.8. The Hall–Kier alpha value is -2.68. The van der Waals surface area contributed by atoms with Crippen molar-refractivity contribution in [1.29, 1.82) is 0 Å². The lowest BCUT2D eigenvalue weighted by atomic mass is 9.90. The predicted octanol–water partition coefficient (Wildman–Crippen LogP) is 7.43. The van der Waals surface area contributed by atoms with Crippen LogP contribution < -0.4 is 4.74 Å². The summed E-state index contributed by atoms with van der Waals surface area (Å²) in [6, 6.07) is 12.0. The fourth-order valence-corrected chi connectivity index (χ4v) is 4.06. The Morgan fingerprint density at radius 1 is 0.939 bits per heavy atom. The Morgan fingerprint density at radius 3 is 2.27 bits per heavy atom. The van der Waals surface area contributed by atoms with E-state index in [-0.39, 0.29) is 17.5 Å². The highest BCUT2D eigenvalue weighted by atomic mass is 16.5. The first-order valence-electron chi connectivity index (χ1n) is 12.4. The third kappa shape index (κ3) is 7.70. The van der Waals surface area contributed by atoms with Gasteiger partial charge in [-0.25, -0.2) is 0 Å². The molecule has 0 N–H and O–H groups in total. The normalized spacial score (nSPS) is 11.0. The van der Waals surface area contributed by atoms with Crippen LogP contribution in [0.5, 0.6) is 5.75 Å². The predicted molar refractivity (Wildman–Crippen MR) is 138 cm³/mol. The summed E-state index contributed by atoms with van der Waals surface area (Å²) in [5.41, 5.74) is 5.63. The first-order valence-corrected chi connectivity index (χ1v) is 12.4. The Kier molecular flexibility index (Phi) is 10.6. The molecule has 0 atom stereocenters. The highest BCUT2D eigenvalue weighted by Crippen LogP contribution is 2.25. The van der Waals surface area contributed by atoms with Crippen LogP contribution in [0.2, 0.25) is 0 Å². The number of benzene rings is 2. The van der Waals surface area contributed by atoms with Gasteiger partial charge in [-0.1, -0.05) is 59.4 Å². The summed E-state index contributed by atoms with van der Waals surface area (Å²) in [7, 11) is 0. The second-order valence-corrected chi connectivity index (χ2v) is 9.13. The summed E-state index contributed by atoms with van der Waals surface area (Å²) in [5.74, 6) is 1.35. The van der Waals surface area contributed by atoms with E-state index in [1.807, 2.05) is 38.1 Å². The molecule has 178 valence electrons. The van der Waals surface area contributed by atoms with Crippen LogP contribution in [0.15, 0.2) is 43.0 Å². The fraction of sp³-hybridized carbons (Fsp3) is 0.467. The Morgan fingerprint density at radius 2 is 1.64 bits per heavy atom. The van der Waals surface area contributed by atoms with Crippen molar-refractivity contribution in [2.24, 2.45) is 5.92 Å². The molecule has 0 radical (unpaired) electrons. The van der Waals surface area contributed by atoms with Crippen molar-refractivity contribution in [2.45, 2.75) is 79.6 Å². The molecule has 0 aliphatic heterocycles. The standard InChI is InChI=1S/C30H40O3/c1-7-17-33-27-16-15-23(8-2)25(19-27)11-10-12-29(31)26-14-13-24(9-3)28(20-26)22(6)30(32)18-21(4)5/h13-16,19-21H,6-12,17-18H2,1-5H3. The third-order valence-corrected chi connectivity index (χ3v) is 5.95. The molecule has 2 aromatic rings. The molecule has 2 rings (SSSR count). The van der Waals surface area contributed by atoms with Gasteiger partial charge in [0, 0.05) is 24.0 Å². The van der Waals surface area contributed by atoms with E-state index < -0.39 is 0 Å². The molecule has 0 unspecified atom stereocenters. The second kappa shape index (κ2) is 13.1. The molecule has 2 aromatic carbocycles. The number of ether oxygens (including phenoxy) is 1. The maximum absolute atomic E-state index is 13.0. The lowest BCUT2D eigenvalue weighted by Gasteiger charge is -2.14. The fourth-order valence-electron chi connectivity index (χ4n) is 4.06. The average Bonchev–Trinajstić information content (AvgIpc) is 2.81. The molecule has 0 saturated heterocycles. The van der Waals surface area contributed by atoms with E-state index in [0.29, 0.717) is 30.6 Å². The van der Waals surface area contributed by atoms with Gasteiger partial charge in [0.05, 0.1) is 6.61 Å². The van der Waals surface area contributed by atoms with E-state index in [1.54, 1.807) is 0 Å². The Balaban J connectivity index is 2.10. The number of hydrogen-bond acceptors (Lipinski definition) is 3. The molecule has 33 heavy (non-hydrogen) atoms. The van der Waals surface area contributed by atoms with Gasteiger partial charge in [0.25, 0.3) is 0 Å². The van der Waals surface area contributed by atoms with E-state index in [1.165, 1.54) is 11.1 Å². The van der Waals surface area contributed by atoms with Crippen LogP contribution in [0.4, 0.5) is 0 Å². The molecule has 0 bridgehead atoms. The molecule has 0 fully saturated rings. The molecule has 0 amide bonds. The maximum Gasteiger partial charge on any atom is 0.163 e. The van der Waals surface area contributed by atoms with Crippen molar-refractivity contribution in [1.82, 2.24) is 0 Å². The third-order valence-electron chi connectivity index (χ3n) is 5.95. The Labute approximate surface area is 200 Å². The van der Waals surface area contributed by atoms with Gasteiger partial charge in [0.2, 0.25) is 0 Å². The van der Waals surface area contributed by atoms with E-state index >= 15 is 0 Å². The molecule has 3 nitrogen and oxygen atoms in total. The van der Waals surface area contributed by atoms with Gasteiger partial charge >= 0.3 is 0 Å². The zero-order chi connectivity index (χ0) is 24.4. The number of rotatable bonds is 14. The van der Waals surface area contributed by atoms with Crippen molar-refractivity contribution >= 4 is 17.1 Å². The molecule has 0 aliphatic carbocycles. The summed E-state index contributed by atoms with van der Waals surface area (Å²) in [4.78, 5) is 25.6. The van der Waals surface area contributed by atoms with Gasteiger partial charge in [-0.05, 0) is 78.5 Å². The Bertz CT molecular complexity index is 969. The minimum absolute atomic E-state index is 0.0570. The van der Waals surface area contributed by atoms with Crippen LogP contribution in [-0.4, -0.2) is 18.2 Å². The maximum atomic E-state index is 13.0. The lowest BCUT2D eigenvalue weighted by Crippen LogP contribution is -2.08. The van der Waals surface area contributed by atoms with Crippen molar-refractivity contribution in [3.05, 3.63) is 70.8 Å². The van der Waals surface area contributed by atoms with Gasteiger partial charge in [0.1, 0.15) is 5.75 Å². The molecule has 0 saturated carbocycles. The number of aryl methyl sites for hydroxylation is 3. The van der Waals surface area contributed by atoms with Crippen molar-refractivity contribution in [3.63, 3.8) is 0 Å². The number of allylic oxidation sites excluding steroid dienone is 1. The van der Waals surface area contributed by atoms with Gasteiger partial charge in [-0.15, -0.1) is 0 Å². The highest BCUT2D eigenvalue weighted by molar-refractivity contribution is 6.20. The number of carbonyl (C=O) groups is 2. The van der Waals surface area contributed by atoms with E-state index in [9.17, 15) is 9.59 Å². The molecular formula is C30H40O3. The minimum atomic E-state index is 0.0570. The van der Waals surface area contributed by atoms with Crippen LogP contribution in [0.3, 0.4) is 0 Å². The van der Waals surface area contributed by atoms with E-state index in [2.05, 4.69) is 39.5 Å². The number of carbonyl (C=O) groups excluding carboxylic acids is 2. The average molecular weight is 449 g/mol. The summed E-state index contributed by atoms with van der Waals surface area (Å²) in [6.45, 7) is 15.1. The van der Waals surface area contributed by atoms with Crippen molar-refractivity contribution in [2.75, 3.05) is 6.61 Å². The summed E-state index contributed by atoms with van der Waals surface area (Å²) in [6.07, 6.45) is 5.31. The number of hydrogen-bond donors (Lipinski definition) is 0. The van der Waals surface area contributed by atoms with Crippen LogP contribution in [0.1, 0.15) is 92.9 Å². The lowest BCUT2D eigenvalue weighted by molar-refractivity contribution is -0.114. The largest absolute Gasteiger partial charge is 0.494 e. The highest BCUT2D eigenvalue weighted by Gasteiger charge is 2.17. The quantitative estimate of drug-likeness (QED) is 0.223. The van der Waals surface area contributed by atoms with Crippen molar-refractivity contribution in [3.8, 4) is 5.75 Å². The SMILES string of the molecule is C=C(C(=O)CC(C)C)c1cc(C(=O)CCCc2cc(OCCC)ccc2CC)ccc1CC. The molecule has 0 spiro atoms. The van der Waals surface area contributed by atoms with E-state index in [4.69, 9.17) is 4.74 Å². The van der Waals surface area contributed by atoms with Gasteiger partial charge in [-0.2, -0.15) is 0 Å². The van der Waals surface area contributed by atoms with Gasteiger partial charge < -0.3 is 4.74 Å². The molecule has 0 heterocycles. The smallest absolute Gasteiger partial charge is 0.163 e. The first kappa shape index (κ1) is 26.6. The molecule has 0 aliphatic rings. The van der Waals surface area contributed by atoms with Gasteiger partial charge in [-0.3, -0.25) is 9.59 Å².